The molecule has 14 heteroatoms. The smallest absolute Gasteiger partial charge is 0.353 e. The molecule has 1 saturated heterocycles. The Hall–Kier alpha value is -4.10. The highest BCUT2D eigenvalue weighted by atomic mass is 19.4. The van der Waals surface area contributed by atoms with E-state index in [4.69, 9.17) is 0 Å². The number of aromatic nitrogens is 7. The van der Waals surface area contributed by atoms with Gasteiger partial charge in [0, 0.05) is 31.6 Å². The number of halogens is 3. The Labute approximate surface area is 229 Å². The summed E-state index contributed by atoms with van der Waals surface area (Å²) in [4.78, 5) is 28.0. The lowest BCUT2D eigenvalue weighted by molar-refractivity contribution is -0.137. The van der Waals surface area contributed by atoms with Crippen LogP contribution in [0, 0.1) is 6.92 Å². The summed E-state index contributed by atoms with van der Waals surface area (Å²) in [6.45, 7) is 2.57. The summed E-state index contributed by atoms with van der Waals surface area (Å²) in [5, 5.41) is 24.9. The first-order chi connectivity index (χ1) is 19.2. The van der Waals surface area contributed by atoms with Crippen molar-refractivity contribution in [1.82, 2.24) is 45.8 Å². The summed E-state index contributed by atoms with van der Waals surface area (Å²) in [5.41, 5.74) is 0.967. The van der Waals surface area contributed by atoms with E-state index in [2.05, 4.69) is 36.1 Å². The fraction of sp³-hybridized carbons (Fsp3) is 0.500. The van der Waals surface area contributed by atoms with Gasteiger partial charge in [0.15, 0.2) is 5.82 Å². The normalized spacial score (nSPS) is 14.7. The van der Waals surface area contributed by atoms with Crippen LogP contribution in [0.15, 0.2) is 30.5 Å². The second-order valence-corrected chi connectivity index (χ2v) is 9.82. The van der Waals surface area contributed by atoms with Crippen LogP contribution in [0.25, 0.3) is 6.08 Å². The van der Waals surface area contributed by atoms with Gasteiger partial charge in [-0.05, 0) is 73.6 Å². The first kappa shape index (κ1) is 28.9. The van der Waals surface area contributed by atoms with Crippen LogP contribution in [0.5, 0.6) is 0 Å². The molecule has 3 heterocycles. The van der Waals surface area contributed by atoms with E-state index in [0.717, 1.165) is 43.5 Å². The van der Waals surface area contributed by atoms with Gasteiger partial charge in [-0.15, -0.1) is 15.3 Å². The molecule has 1 aliphatic heterocycles. The molecule has 0 atom stereocenters. The van der Waals surface area contributed by atoms with Crippen molar-refractivity contribution < 1.29 is 22.8 Å². The molecule has 4 rings (SSSR count). The Balaban J connectivity index is 1.24. The van der Waals surface area contributed by atoms with Crippen molar-refractivity contribution in [1.29, 1.82) is 0 Å². The van der Waals surface area contributed by atoms with Crippen LogP contribution in [0.1, 0.15) is 66.7 Å². The molecule has 1 aromatic carbocycles. The predicted molar refractivity (Wildman–Crippen MR) is 138 cm³/mol. The number of amides is 2. The summed E-state index contributed by atoms with van der Waals surface area (Å²) >= 11 is 0. The quantitative estimate of drug-likeness (QED) is 0.272. The number of tetrazole rings is 1. The molecule has 0 aliphatic carbocycles. The van der Waals surface area contributed by atoms with Crippen molar-refractivity contribution >= 4 is 17.9 Å². The molecule has 2 amide bonds. The largest absolute Gasteiger partial charge is 0.416 e. The second kappa shape index (κ2) is 13.3. The zero-order valence-corrected chi connectivity index (χ0v) is 22.2. The van der Waals surface area contributed by atoms with Gasteiger partial charge in [-0.25, -0.2) is 0 Å². The minimum atomic E-state index is -4.50. The molecule has 3 aromatic rings. The number of H-pyrrole nitrogens is 1. The Morgan fingerprint density at radius 1 is 1.18 bits per heavy atom. The summed E-state index contributed by atoms with van der Waals surface area (Å²) in [5.74, 6) is 0.177. The van der Waals surface area contributed by atoms with Crippen molar-refractivity contribution in [2.75, 3.05) is 13.1 Å². The van der Waals surface area contributed by atoms with Gasteiger partial charge in [-0.2, -0.15) is 18.0 Å². The molecule has 0 unspecified atom stereocenters. The molecule has 0 radical (unpaired) electrons. The maximum absolute atomic E-state index is 13.3. The van der Waals surface area contributed by atoms with Gasteiger partial charge >= 0.3 is 6.18 Å². The Kier molecular flexibility index (Phi) is 9.61. The number of hydrogen-bond donors (Lipinski definition) is 2. The average Bonchev–Trinajstić information content (AvgIpc) is 3.59. The summed E-state index contributed by atoms with van der Waals surface area (Å²) < 4.78 is 39.9. The van der Waals surface area contributed by atoms with Crippen LogP contribution >= 0.6 is 0 Å². The van der Waals surface area contributed by atoms with E-state index >= 15 is 0 Å². The fourth-order valence-electron chi connectivity index (χ4n) is 4.55. The van der Waals surface area contributed by atoms with E-state index in [-0.39, 0.29) is 24.4 Å². The third-order valence-electron chi connectivity index (χ3n) is 6.73. The van der Waals surface area contributed by atoms with Crippen LogP contribution in [0.2, 0.25) is 0 Å². The summed E-state index contributed by atoms with van der Waals surface area (Å²) in [6.07, 6.45) is 5.36. The molecule has 40 heavy (non-hydrogen) atoms. The molecule has 1 aliphatic rings. The third kappa shape index (κ3) is 8.45. The minimum absolute atomic E-state index is 0.0109. The van der Waals surface area contributed by atoms with E-state index in [1.165, 1.54) is 23.0 Å². The number of benzene rings is 1. The third-order valence-corrected chi connectivity index (χ3v) is 6.73. The van der Waals surface area contributed by atoms with Crippen molar-refractivity contribution in [3.63, 3.8) is 0 Å². The van der Waals surface area contributed by atoms with Gasteiger partial charge in [0.25, 0.3) is 0 Å². The average molecular weight is 560 g/mol. The van der Waals surface area contributed by atoms with Crippen molar-refractivity contribution in [3.8, 4) is 0 Å². The van der Waals surface area contributed by atoms with Crippen LogP contribution in [-0.2, 0) is 28.7 Å². The Morgan fingerprint density at radius 3 is 2.65 bits per heavy atom. The number of nitrogens with zero attached hydrogens (tertiary/aromatic N) is 7. The van der Waals surface area contributed by atoms with E-state index in [1.54, 1.807) is 18.0 Å². The number of hydrogen-bond acceptors (Lipinski definition) is 7. The number of aryl methyl sites for hydroxylation is 2. The standard InChI is InChI=1S/C26H32F3N9O2/c1-18-32-36-38(34-18)17-20-15-21(26(27,28)29)9-7-19(20)8-10-25(40)37-13-11-22(12-14-37)31-24(39)6-4-2-3-5-23-16-30-35-33-23/h7-10,15-16,22H,2-6,11-14,17H2,1H3,(H,31,39)(H,30,33,35). The lowest BCUT2D eigenvalue weighted by atomic mass is 10.0. The molecular formula is C26H32F3N9O2. The molecule has 214 valence electrons. The first-order valence-corrected chi connectivity index (χ1v) is 13.2. The number of alkyl halides is 3. The molecular weight excluding hydrogens is 527 g/mol. The number of rotatable bonds is 11. The highest BCUT2D eigenvalue weighted by molar-refractivity contribution is 5.92. The molecule has 0 saturated carbocycles. The maximum Gasteiger partial charge on any atom is 0.416 e. The Bertz CT molecular complexity index is 1300. The highest BCUT2D eigenvalue weighted by Crippen LogP contribution is 2.31. The van der Waals surface area contributed by atoms with Gasteiger partial charge in [-0.1, -0.05) is 17.7 Å². The Morgan fingerprint density at radius 2 is 1.98 bits per heavy atom. The zero-order chi connectivity index (χ0) is 28.5. The SMILES string of the molecule is Cc1nnn(Cc2cc(C(F)(F)F)ccc2C=CC(=O)N2CCC(NC(=O)CCCCCc3cnn[nH]3)CC2)n1. The van der Waals surface area contributed by atoms with Gasteiger partial charge in [0.1, 0.15) is 0 Å². The highest BCUT2D eigenvalue weighted by Gasteiger charge is 2.31. The monoisotopic (exact) mass is 559 g/mol. The predicted octanol–water partition coefficient (Wildman–Crippen LogP) is 3.09. The van der Waals surface area contributed by atoms with Crippen molar-refractivity contribution in [3.05, 3.63) is 58.7 Å². The van der Waals surface area contributed by atoms with Gasteiger partial charge < -0.3 is 10.2 Å². The summed E-state index contributed by atoms with van der Waals surface area (Å²) in [6, 6.07) is 3.37. The topological polar surface area (TPSA) is 135 Å². The van der Waals surface area contributed by atoms with Crippen LogP contribution in [-0.4, -0.2) is 71.5 Å². The van der Waals surface area contributed by atoms with Gasteiger partial charge in [-0.3, -0.25) is 14.7 Å². The van der Waals surface area contributed by atoms with Crippen molar-refractivity contribution in [2.45, 2.75) is 70.6 Å². The maximum atomic E-state index is 13.3. The second-order valence-electron chi connectivity index (χ2n) is 9.82. The van der Waals surface area contributed by atoms with E-state index in [1.807, 2.05) is 0 Å². The minimum Gasteiger partial charge on any atom is -0.353 e. The molecule has 11 nitrogen and oxygen atoms in total. The zero-order valence-electron chi connectivity index (χ0n) is 22.2. The first-order valence-electron chi connectivity index (χ1n) is 13.2. The van der Waals surface area contributed by atoms with Gasteiger partial charge in [0.05, 0.1) is 24.0 Å². The van der Waals surface area contributed by atoms with Crippen LogP contribution in [0.3, 0.4) is 0 Å². The van der Waals surface area contributed by atoms with E-state index in [9.17, 15) is 22.8 Å². The number of likely N-dealkylation sites (tertiary alicyclic amines) is 1. The number of carbonyl (C=O) groups excluding carboxylic acids is 2. The fourth-order valence-corrected chi connectivity index (χ4v) is 4.55. The summed E-state index contributed by atoms with van der Waals surface area (Å²) in [7, 11) is 0. The van der Waals surface area contributed by atoms with E-state index < -0.39 is 11.7 Å². The lowest BCUT2D eigenvalue weighted by Crippen LogP contribution is -2.46. The van der Waals surface area contributed by atoms with E-state index in [0.29, 0.717) is 49.3 Å². The van der Waals surface area contributed by atoms with Crippen LogP contribution < -0.4 is 5.32 Å². The molecule has 1 fully saturated rings. The number of nitrogens with one attached hydrogen (secondary N) is 2. The number of piperidine rings is 1. The lowest BCUT2D eigenvalue weighted by Gasteiger charge is -2.31. The molecule has 2 aromatic heterocycles. The van der Waals surface area contributed by atoms with Crippen LogP contribution in [0.4, 0.5) is 13.2 Å². The van der Waals surface area contributed by atoms with Gasteiger partial charge in [0.2, 0.25) is 11.8 Å². The molecule has 2 N–H and O–H groups in total. The van der Waals surface area contributed by atoms with Crippen molar-refractivity contribution in [2.24, 2.45) is 0 Å². The molecule has 0 spiro atoms. The number of carbonyl (C=O) groups is 2. The number of aromatic amines is 1. The molecule has 0 bridgehead atoms. The number of unbranched alkanes of at least 4 members (excludes halogenated alkanes) is 2.